The number of piperidine rings is 1. The molecule has 1 aromatic rings. The van der Waals surface area contributed by atoms with Crippen LogP contribution in [-0.4, -0.2) is 49.1 Å². The number of quaternary nitrogens is 1. The van der Waals surface area contributed by atoms with Gasteiger partial charge in [-0.15, -0.1) is 0 Å². The number of esters is 1. The quantitative estimate of drug-likeness (QED) is 0.584. The maximum atomic E-state index is 12.8. The maximum Gasteiger partial charge on any atom is 0.314 e. The summed E-state index contributed by atoms with van der Waals surface area (Å²) >= 11 is 0. The molecule has 150 valence electrons. The summed E-state index contributed by atoms with van der Waals surface area (Å²) in [6.45, 7) is 13.5. The van der Waals surface area contributed by atoms with Crippen LogP contribution in [0.15, 0.2) is 18.2 Å². The number of aryl methyl sites for hydroxylation is 2. The lowest BCUT2D eigenvalue weighted by atomic mass is 9.95. The maximum absolute atomic E-state index is 12.8. The first kappa shape index (κ1) is 21.4. The van der Waals surface area contributed by atoms with Gasteiger partial charge < -0.3 is 14.5 Å². The molecule has 0 spiro atoms. The van der Waals surface area contributed by atoms with Gasteiger partial charge in [0.05, 0.1) is 26.2 Å². The average molecular weight is 376 g/mol. The van der Waals surface area contributed by atoms with Crippen LogP contribution in [0, 0.1) is 25.7 Å². The van der Waals surface area contributed by atoms with E-state index in [1.165, 1.54) is 0 Å². The highest BCUT2D eigenvalue weighted by Gasteiger charge is 2.39. The molecule has 2 atom stereocenters. The summed E-state index contributed by atoms with van der Waals surface area (Å²) in [6, 6.07) is 6.02. The highest BCUT2D eigenvalue weighted by Crippen LogP contribution is 2.26. The van der Waals surface area contributed by atoms with E-state index in [0.29, 0.717) is 30.1 Å². The lowest BCUT2D eigenvalue weighted by Gasteiger charge is -2.42. The predicted molar refractivity (Wildman–Crippen MR) is 108 cm³/mol. The Balaban J connectivity index is 2.03. The lowest BCUT2D eigenvalue weighted by molar-refractivity contribution is -0.925. The zero-order chi connectivity index (χ0) is 20.0. The number of nitrogens with one attached hydrogen (secondary N) is 1. The summed E-state index contributed by atoms with van der Waals surface area (Å²) in [5, 5.41) is 3.10. The van der Waals surface area contributed by atoms with Crippen molar-refractivity contribution in [1.29, 1.82) is 0 Å². The summed E-state index contributed by atoms with van der Waals surface area (Å²) in [7, 11) is 0. The van der Waals surface area contributed by atoms with E-state index in [9.17, 15) is 9.59 Å². The summed E-state index contributed by atoms with van der Waals surface area (Å²) in [6.07, 6.45) is 1.81. The number of rotatable bonds is 7. The standard InChI is InChI=1S/C22H34N2O3/c1-6-24(12-8-11-19(13-24)22(26)27-15-16(2)3)14-20(25)23-21-17(4)9-7-10-18(21)5/h7,9-10,16,19H,6,8,11-15H2,1-5H3/p+1. The minimum Gasteiger partial charge on any atom is -0.465 e. The highest BCUT2D eigenvalue weighted by molar-refractivity contribution is 5.93. The second-order valence-electron chi connectivity index (χ2n) is 8.40. The molecule has 1 heterocycles. The van der Waals surface area contributed by atoms with Gasteiger partial charge in [0.2, 0.25) is 0 Å². The molecule has 1 aliphatic heterocycles. The Labute approximate surface area is 163 Å². The van der Waals surface area contributed by atoms with Crippen LogP contribution in [0.3, 0.4) is 0 Å². The molecule has 0 radical (unpaired) electrons. The number of ether oxygens (including phenoxy) is 1. The first-order valence-electron chi connectivity index (χ1n) is 10.1. The topological polar surface area (TPSA) is 55.4 Å². The van der Waals surface area contributed by atoms with Crippen molar-refractivity contribution < 1.29 is 18.8 Å². The predicted octanol–water partition coefficient (Wildman–Crippen LogP) is 3.69. The molecule has 27 heavy (non-hydrogen) atoms. The van der Waals surface area contributed by atoms with Crippen LogP contribution >= 0.6 is 0 Å². The van der Waals surface area contributed by atoms with Gasteiger partial charge in [-0.2, -0.15) is 0 Å². The molecule has 1 saturated heterocycles. The number of amides is 1. The number of anilines is 1. The fraction of sp³-hybridized carbons (Fsp3) is 0.636. The molecule has 2 unspecified atom stereocenters. The molecule has 5 nitrogen and oxygen atoms in total. The molecule has 0 aliphatic carbocycles. The number of likely N-dealkylation sites (tertiary alicyclic amines) is 1. The molecular formula is C22H35N2O3+. The second kappa shape index (κ2) is 9.36. The van der Waals surface area contributed by atoms with Gasteiger partial charge in [-0.25, -0.2) is 0 Å². The van der Waals surface area contributed by atoms with E-state index in [1.807, 2.05) is 45.9 Å². The van der Waals surface area contributed by atoms with Gasteiger partial charge in [0.25, 0.3) is 5.91 Å². The Bertz CT molecular complexity index is 651. The molecule has 0 saturated carbocycles. The van der Waals surface area contributed by atoms with Crippen molar-refractivity contribution in [3.05, 3.63) is 29.3 Å². The van der Waals surface area contributed by atoms with Crippen molar-refractivity contribution in [2.24, 2.45) is 11.8 Å². The third-order valence-corrected chi connectivity index (χ3v) is 5.58. The summed E-state index contributed by atoms with van der Waals surface area (Å²) in [4.78, 5) is 25.2. The fourth-order valence-corrected chi connectivity index (χ4v) is 3.92. The minimum atomic E-state index is -0.106. The van der Waals surface area contributed by atoms with Crippen LogP contribution < -0.4 is 5.32 Å². The van der Waals surface area contributed by atoms with Crippen molar-refractivity contribution in [2.45, 2.75) is 47.5 Å². The highest BCUT2D eigenvalue weighted by atomic mass is 16.5. The second-order valence-corrected chi connectivity index (χ2v) is 8.40. The van der Waals surface area contributed by atoms with E-state index in [2.05, 4.69) is 12.2 Å². The molecule has 0 bridgehead atoms. The van der Waals surface area contributed by atoms with E-state index < -0.39 is 0 Å². The third kappa shape index (κ3) is 5.80. The first-order chi connectivity index (χ1) is 12.8. The number of hydrogen-bond donors (Lipinski definition) is 1. The Kier molecular flexibility index (Phi) is 7.42. The van der Waals surface area contributed by atoms with Crippen molar-refractivity contribution in [3.63, 3.8) is 0 Å². The van der Waals surface area contributed by atoms with Crippen LogP contribution in [0.4, 0.5) is 5.69 Å². The van der Waals surface area contributed by atoms with Crippen LogP contribution in [-0.2, 0) is 14.3 Å². The van der Waals surface area contributed by atoms with Gasteiger partial charge in [-0.05, 0) is 50.7 Å². The van der Waals surface area contributed by atoms with E-state index in [1.54, 1.807) is 0 Å². The summed E-state index contributed by atoms with van der Waals surface area (Å²) in [5.41, 5.74) is 3.04. The third-order valence-electron chi connectivity index (χ3n) is 5.58. The zero-order valence-corrected chi connectivity index (χ0v) is 17.5. The largest absolute Gasteiger partial charge is 0.465 e. The van der Waals surface area contributed by atoms with Crippen LogP contribution in [0.2, 0.25) is 0 Å². The van der Waals surface area contributed by atoms with Crippen LogP contribution in [0.25, 0.3) is 0 Å². The number of hydrogen-bond acceptors (Lipinski definition) is 3. The Morgan fingerprint density at radius 2 is 1.93 bits per heavy atom. The van der Waals surface area contributed by atoms with E-state index in [4.69, 9.17) is 4.74 Å². The van der Waals surface area contributed by atoms with Gasteiger partial charge in [0.15, 0.2) is 6.54 Å². The number of carbonyl (C=O) groups is 2. The Morgan fingerprint density at radius 3 is 2.52 bits per heavy atom. The average Bonchev–Trinajstić information content (AvgIpc) is 2.63. The lowest BCUT2D eigenvalue weighted by Crippen LogP contribution is -2.58. The van der Waals surface area contributed by atoms with Gasteiger partial charge >= 0.3 is 5.97 Å². The normalized spacial score (nSPS) is 22.5. The molecule has 1 fully saturated rings. The zero-order valence-electron chi connectivity index (χ0n) is 17.5. The number of para-hydroxylation sites is 1. The van der Waals surface area contributed by atoms with Gasteiger partial charge in [-0.3, -0.25) is 9.59 Å². The summed E-state index contributed by atoms with van der Waals surface area (Å²) in [5.74, 6) is 0.150. The fourth-order valence-electron chi connectivity index (χ4n) is 3.92. The molecule has 1 aliphatic rings. The van der Waals surface area contributed by atoms with Gasteiger partial charge in [0.1, 0.15) is 5.92 Å². The smallest absolute Gasteiger partial charge is 0.314 e. The van der Waals surface area contributed by atoms with E-state index in [-0.39, 0.29) is 17.8 Å². The summed E-state index contributed by atoms with van der Waals surface area (Å²) < 4.78 is 6.11. The number of carbonyl (C=O) groups excluding carboxylic acids is 2. The number of benzene rings is 1. The molecule has 5 heteroatoms. The Morgan fingerprint density at radius 1 is 1.26 bits per heavy atom. The monoisotopic (exact) mass is 375 g/mol. The molecule has 1 aromatic carbocycles. The van der Waals surface area contributed by atoms with Gasteiger partial charge in [0, 0.05) is 5.69 Å². The van der Waals surface area contributed by atoms with Crippen molar-refractivity contribution in [2.75, 3.05) is 38.1 Å². The molecule has 0 aromatic heterocycles. The molecular weight excluding hydrogens is 340 g/mol. The van der Waals surface area contributed by atoms with E-state index in [0.717, 1.165) is 42.7 Å². The Hall–Kier alpha value is -1.88. The van der Waals surface area contributed by atoms with Crippen LogP contribution in [0.5, 0.6) is 0 Å². The minimum absolute atomic E-state index is 0.0189. The number of likely N-dealkylation sites (N-methyl/N-ethyl adjacent to an activating group) is 1. The molecule has 2 rings (SSSR count). The van der Waals surface area contributed by atoms with Crippen molar-refractivity contribution in [1.82, 2.24) is 0 Å². The van der Waals surface area contributed by atoms with Crippen LogP contribution in [0.1, 0.15) is 44.7 Å². The first-order valence-corrected chi connectivity index (χ1v) is 10.1. The van der Waals surface area contributed by atoms with Gasteiger partial charge in [-0.1, -0.05) is 32.0 Å². The van der Waals surface area contributed by atoms with Crippen molar-refractivity contribution >= 4 is 17.6 Å². The molecule has 1 amide bonds. The van der Waals surface area contributed by atoms with Crippen molar-refractivity contribution in [3.8, 4) is 0 Å². The van der Waals surface area contributed by atoms with E-state index >= 15 is 0 Å². The SMILES string of the molecule is CC[N+]1(CC(=O)Nc2c(C)cccc2C)CCCC(C(=O)OCC(C)C)C1. The number of nitrogens with zero attached hydrogens (tertiary/aromatic N) is 1. The molecule has 1 N–H and O–H groups in total.